The zero-order chi connectivity index (χ0) is 33.7. The van der Waals surface area contributed by atoms with Crippen LogP contribution in [0.3, 0.4) is 0 Å². The summed E-state index contributed by atoms with van der Waals surface area (Å²) in [4.78, 5) is 35.5. The molecule has 3 aromatic heterocycles. The Bertz CT molecular complexity index is 1760. The minimum absolute atomic E-state index is 0.000179. The number of hydrogen-bond acceptors (Lipinski definition) is 9. The van der Waals surface area contributed by atoms with E-state index in [0.717, 1.165) is 10.5 Å². The molecule has 0 radical (unpaired) electrons. The van der Waals surface area contributed by atoms with Crippen LogP contribution in [0.5, 0.6) is 0 Å². The molecule has 1 amide bonds. The van der Waals surface area contributed by atoms with E-state index in [9.17, 15) is 23.1 Å². The average molecular weight is 647 g/mol. The lowest BCUT2D eigenvalue weighted by atomic mass is 9.85. The van der Waals surface area contributed by atoms with Gasteiger partial charge in [0.05, 0.1) is 30.2 Å². The monoisotopic (exact) mass is 646 g/mol. The second-order valence-electron chi connectivity index (χ2n) is 12.7. The minimum atomic E-state index is -4.12. The topological polar surface area (TPSA) is 156 Å². The van der Waals surface area contributed by atoms with Crippen LogP contribution in [0.25, 0.3) is 11.3 Å². The van der Waals surface area contributed by atoms with Crippen molar-refractivity contribution in [3.8, 4) is 11.3 Å². The number of benzene rings is 1. The molecule has 1 unspecified atom stereocenters. The van der Waals surface area contributed by atoms with Crippen LogP contribution in [-0.2, 0) is 32.6 Å². The first-order chi connectivity index (χ1) is 21.6. The van der Waals surface area contributed by atoms with E-state index in [4.69, 9.17) is 4.74 Å². The number of ether oxygens (including phenoxy) is 1. The van der Waals surface area contributed by atoms with Crippen molar-refractivity contribution < 1.29 is 27.9 Å². The molecule has 13 heteroatoms. The molecule has 3 heterocycles. The molecule has 46 heavy (non-hydrogen) atoms. The first kappa shape index (κ1) is 34.1. The third kappa shape index (κ3) is 8.49. The van der Waals surface area contributed by atoms with Gasteiger partial charge in [0, 0.05) is 18.0 Å². The van der Waals surface area contributed by atoms with Crippen molar-refractivity contribution in [2.45, 2.75) is 71.2 Å². The van der Waals surface area contributed by atoms with E-state index in [1.165, 1.54) is 34.9 Å². The molecule has 0 saturated carbocycles. The quantitative estimate of drug-likeness (QED) is 0.231. The van der Waals surface area contributed by atoms with Gasteiger partial charge in [0.2, 0.25) is 10.0 Å². The molecule has 0 aliphatic rings. The molecule has 0 spiro atoms. The summed E-state index contributed by atoms with van der Waals surface area (Å²) in [6, 6.07) is 19.2. The Morgan fingerprint density at radius 3 is 2.11 bits per heavy atom. The maximum atomic E-state index is 13.9. The largest absolute Gasteiger partial charge is 0.480 e. The van der Waals surface area contributed by atoms with Crippen LogP contribution in [-0.4, -0.2) is 61.7 Å². The number of sulfonamides is 1. The molecule has 0 aliphatic carbocycles. The number of rotatable bonds is 10. The summed E-state index contributed by atoms with van der Waals surface area (Å²) in [5.41, 5.74) is 0.310. The summed E-state index contributed by atoms with van der Waals surface area (Å²) in [5, 5.41) is 18.8. The van der Waals surface area contributed by atoms with E-state index in [1.807, 2.05) is 30.3 Å². The number of hydrogen-bond donors (Lipinski definition) is 1. The van der Waals surface area contributed by atoms with E-state index in [2.05, 4.69) is 20.2 Å². The van der Waals surface area contributed by atoms with Crippen molar-refractivity contribution in [1.29, 1.82) is 0 Å². The predicted molar refractivity (Wildman–Crippen MR) is 172 cm³/mol. The van der Waals surface area contributed by atoms with Crippen LogP contribution in [0.1, 0.15) is 52.9 Å². The van der Waals surface area contributed by atoms with Crippen molar-refractivity contribution in [1.82, 2.24) is 24.5 Å². The Morgan fingerprint density at radius 1 is 0.848 bits per heavy atom. The average Bonchev–Trinajstić information content (AvgIpc) is 2.99. The summed E-state index contributed by atoms with van der Waals surface area (Å²) < 4.78 is 34.5. The third-order valence-corrected chi connectivity index (χ3v) is 8.45. The highest BCUT2D eigenvalue weighted by Gasteiger charge is 2.42. The highest BCUT2D eigenvalue weighted by molar-refractivity contribution is 7.89. The lowest BCUT2D eigenvalue weighted by molar-refractivity contribution is -0.141. The van der Waals surface area contributed by atoms with Gasteiger partial charge in [-0.1, -0.05) is 57.2 Å². The molecule has 12 nitrogen and oxygen atoms in total. The molecule has 4 aromatic rings. The Kier molecular flexibility index (Phi) is 10.2. The number of carboxylic acids is 1. The molecular weight excluding hydrogens is 608 g/mol. The second-order valence-corrected chi connectivity index (χ2v) is 14.6. The van der Waals surface area contributed by atoms with E-state index < -0.39 is 39.1 Å². The van der Waals surface area contributed by atoms with E-state index in [1.54, 1.807) is 65.8 Å². The van der Waals surface area contributed by atoms with Crippen molar-refractivity contribution >= 4 is 27.9 Å². The normalized spacial score (nSPS) is 12.8. The van der Waals surface area contributed by atoms with Gasteiger partial charge in [-0.15, -0.1) is 0 Å². The fraction of sp³-hybridized carbons (Fsp3) is 0.333. The van der Waals surface area contributed by atoms with Crippen molar-refractivity contribution in [2.75, 3.05) is 4.90 Å². The molecule has 1 atom stereocenters. The summed E-state index contributed by atoms with van der Waals surface area (Å²) in [6.45, 7) is 9.73. The van der Waals surface area contributed by atoms with Gasteiger partial charge in [-0.25, -0.2) is 27.9 Å². The maximum Gasteiger partial charge on any atom is 0.416 e. The standard InChI is InChI=1S/C33H38N6O6S/c1-32(2,3)29(30(40)41)39(31(42)45-33(4,5)6)28-16-10-14-24(35-28)21-38(46(43,44)26-15-11-19-34-20-26)22-25-17-18-27(37-36-25)23-12-8-7-9-13-23/h7-20,29H,21-22H2,1-6H3,(H,40,41). The van der Waals surface area contributed by atoms with Crippen LogP contribution in [0.15, 0.2) is 90.1 Å². The fourth-order valence-electron chi connectivity index (χ4n) is 4.64. The van der Waals surface area contributed by atoms with Crippen LogP contribution < -0.4 is 4.90 Å². The number of nitrogens with zero attached hydrogens (tertiary/aromatic N) is 6. The SMILES string of the molecule is CC(C)(C)OC(=O)N(c1cccc(CN(Cc2ccc(-c3ccccc3)nn2)S(=O)(=O)c2cccnc2)n1)C(C(=O)O)C(C)(C)C. The lowest BCUT2D eigenvalue weighted by Gasteiger charge is -2.37. The second kappa shape index (κ2) is 13.7. The van der Waals surface area contributed by atoms with Gasteiger partial charge >= 0.3 is 12.1 Å². The number of carbonyl (C=O) groups is 2. The first-order valence-corrected chi connectivity index (χ1v) is 16.0. The smallest absolute Gasteiger partial charge is 0.416 e. The van der Waals surface area contributed by atoms with Gasteiger partial charge in [-0.2, -0.15) is 14.5 Å². The van der Waals surface area contributed by atoms with Gasteiger partial charge < -0.3 is 9.84 Å². The summed E-state index contributed by atoms with van der Waals surface area (Å²) in [5.74, 6) is -1.25. The number of amides is 1. The minimum Gasteiger partial charge on any atom is -0.480 e. The van der Waals surface area contributed by atoms with Crippen molar-refractivity contribution in [2.24, 2.45) is 5.41 Å². The van der Waals surface area contributed by atoms with Crippen molar-refractivity contribution in [3.63, 3.8) is 0 Å². The lowest BCUT2D eigenvalue weighted by Crippen LogP contribution is -2.54. The summed E-state index contributed by atoms with van der Waals surface area (Å²) in [6.07, 6.45) is 1.83. The summed E-state index contributed by atoms with van der Waals surface area (Å²) in [7, 11) is -4.12. The van der Waals surface area contributed by atoms with Crippen LogP contribution in [0.4, 0.5) is 10.6 Å². The number of aliphatic carboxylic acids is 1. The van der Waals surface area contributed by atoms with Crippen molar-refractivity contribution in [3.05, 3.63) is 96.6 Å². The van der Waals surface area contributed by atoms with Gasteiger partial charge in [-0.3, -0.25) is 4.98 Å². The predicted octanol–water partition coefficient (Wildman–Crippen LogP) is 5.57. The van der Waals surface area contributed by atoms with Crippen LogP contribution in [0, 0.1) is 5.41 Å². The Labute approximate surface area is 269 Å². The zero-order valence-corrected chi connectivity index (χ0v) is 27.5. The number of anilines is 1. The van der Waals surface area contributed by atoms with Gasteiger partial charge in [0.15, 0.2) is 0 Å². The van der Waals surface area contributed by atoms with Gasteiger partial charge in [0.1, 0.15) is 22.4 Å². The summed E-state index contributed by atoms with van der Waals surface area (Å²) >= 11 is 0. The van der Waals surface area contributed by atoms with E-state index >= 15 is 0 Å². The highest BCUT2D eigenvalue weighted by atomic mass is 32.2. The third-order valence-electron chi connectivity index (χ3n) is 6.68. The van der Waals surface area contributed by atoms with Crippen LogP contribution in [0.2, 0.25) is 0 Å². The first-order valence-electron chi connectivity index (χ1n) is 14.6. The molecule has 4 rings (SSSR count). The number of aromatic nitrogens is 4. The van der Waals surface area contributed by atoms with E-state index in [0.29, 0.717) is 11.4 Å². The van der Waals surface area contributed by atoms with Gasteiger partial charge in [0.25, 0.3) is 0 Å². The van der Waals surface area contributed by atoms with Gasteiger partial charge in [-0.05, 0) is 62.6 Å². The number of carbonyl (C=O) groups excluding carboxylic acids is 1. The highest BCUT2D eigenvalue weighted by Crippen LogP contribution is 2.31. The molecule has 1 aromatic carbocycles. The number of carboxylic acid groups (broad SMARTS) is 1. The fourth-order valence-corrected chi connectivity index (χ4v) is 5.99. The Morgan fingerprint density at radius 2 is 1.54 bits per heavy atom. The number of pyridine rings is 2. The van der Waals surface area contributed by atoms with Crippen LogP contribution >= 0.6 is 0 Å². The Hall–Kier alpha value is -4.75. The molecule has 0 bridgehead atoms. The zero-order valence-electron chi connectivity index (χ0n) is 26.7. The molecule has 0 aliphatic heterocycles. The molecule has 0 saturated heterocycles. The molecule has 1 N–H and O–H groups in total. The maximum absolute atomic E-state index is 13.9. The molecule has 242 valence electrons. The Balaban J connectivity index is 1.74. The van der Waals surface area contributed by atoms with E-state index in [-0.39, 0.29) is 29.5 Å². The molecule has 0 fully saturated rings. The molecular formula is C33H38N6O6S.